The smallest absolute Gasteiger partial charge is 0.266 e. The van der Waals surface area contributed by atoms with E-state index in [4.69, 9.17) is 16.3 Å². The number of likely N-dealkylation sites (tertiary alicyclic amines) is 1. The van der Waals surface area contributed by atoms with Crippen LogP contribution in [0.15, 0.2) is 48.5 Å². The topological polar surface area (TPSA) is 32.8 Å². The van der Waals surface area contributed by atoms with Crippen molar-refractivity contribution in [2.24, 2.45) is 0 Å². The maximum absolute atomic E-state index is 13.1. The maximum atomic E-state index is 13.1. The molecule has 28 heavy (non-hydrogen) atoms. The second kappa shape index (κ2) is 7.76. The van der Waals surface area contributed by atoms with Gasteiger partial charge in [0, 0.05) is 37.2 Å². The quantitative estimate of drug-likeness (QED) is 0.775. The van der Waals surface area contributed by atoms with E-state index in [-0.39, 0.29) is 5.91 Å². The molecular weight excluding hydrogens is 372 g/mol. The van der Waals surface area contributed by atoms with E-state index in [2.05, 4.69) is 29.2 Å². The molecule has 2 aliphatic rings. The predicted molar refractivity (Wildman–Crippen MR) is 112 cm³/mol. The van der Waals surface area contributed by atoms with Crippen LogP contribution in [0.3, 0.4) is 0 Å². The molecule has 0 spiro atoms. The minimum atomic E-state index is -0.906. The minimum absolute atomic E-state index is 0.0439. The number of amides is 1. The zero-order chi connectivity index (χ0) is 19.7. The van der Waals surface area contributed by atoms with Crippen molar-refractivity contribution < 1.29 is 9.53 Å². The number of hydrogen-bond acceptors (Lipinski definition) is 3. The lowest BCUT2D eigenvalue weighted by Crippen LogP contribution is -2.49. The summed E-state index contributed by atoms with van der Waals surface area (Å²) in [7, 11) is 0. The first-order valence-electron chi connectivity index (χ1n) is 9.97. The lowest BCUT2D eigenvalue weighted by Gasteiger charge is -2.34. The van der Waals surface area contributed by atoms with Crippen LogP contribution in [0.5, 0.6) is 5.75 Å². The van der Waals surface area contributed by atoms with Crippen LogP contribution in [0.25, 0.3) is 0 Å². The maximum Gasteiger partial charge on any atom is 0.266 e. The molecule has 2 aromatic carbocycles. The van der Waals surface area contributed by atoms with Crippen molar-refractivity contribution in [3.63, 3.8) is 0 Å². The Hall–Kier alpha value is -2.04. The minimum Gasteiger partial charge on any atom is -0.478 e. The summed E-state index contributed by atoms with van der Waals surface area (Å²) < 4.78 is 5.99. The highest BCUT2D eigenvalue weighted by atomic mass is 35.5. The van der Waals surface area contributed by atoms with E-state index in [1.54, 1.807) is 24.3 Å². The molecule has 0 aliphatic carbocycles. The molecular formula is C23H27ClN2O2. The molecule has 4 rings (SSSR count). The summed E-state index contributed by atoms with van der Waals surface area (Å²) in [5, 5.41) is 0.655. The van der Waals surface area contributed by atoms with Crippen molar-refractivity contribution in [1.82, 2.24) is 9.80 Å². The third-order valence-corrected chi connectivity index (χ3v) is 6.08. The summed E-state index contributed by atoms with van der Waals surface area (Å²) in [6.07, 6.45) is 2.11. The average Bonchev–Trinajstić information content (AvgIpc) is 3.18. The fourth-order valence-corrected chi connectivity index (χ4v) is 4.40. The van der Waals surface area contributed by atoms with Crippen LogP contribution < -0.4 is 4.74 Å². The molecule has 5 heteroatoms. The highest BCUT2D eigenvalue weighted by Gasteiger charge is 2.39. The Morgan fingerprint density at radius 1 is 1.07 bits per heavy atom. The zero-order valence-corrected chi connectivity index (χ0v) is 17.3. The van der Waals surface area contributed by atoms with E-state index in [0.717, 1.165) is 39.0 Å². The largest absolute Gasteiger partial charge is 0.478 e. The summed E-state index contributed by atoms with van der Waals surface area (Å²) in [4.78, 5) is 17.6. The lowest BCUT2D eigenvalue weighted by molar-refractivity contribution is -0.144. The first-order valence-corrected chi connectivity index (χ1v) is 10.3. The molecule has 2 aromatic rings. The van der Waals surface area contributed by atoms with Crippen LogP contribution in [-0.4, -0.2) is 47.0 Å². The fourth-order valence-electron chi connectivity index (χ4n) is 4.28. The molecule has 148 valence electrons. The van der Waals surface area contributed by atoms with Crippen LogP contribution in [0.1, 0.15) is 31.4 Å². The molecule has 0 aromatic heterocycles. The number of carbonyl (C=O) groups excluding carboxylic acids is 1. The standard InChI is InChI=1S/C23H27ClN2O2/c1-23(2,28-21-9-7-19(24)8-10-21)22(27)26-14-12-20(16-26)25-13-11-17-5-3-4-6-18(17)15-25/h3-10,20H,11-16H2,1-2H3. The highest BCUT2D eigenvalue weighted by molar-refractivity contribution is 6.30. The number of fused-ring (bicyclic) bond motifs is 1. The number of benzene rings is 2. The van der Waals surface area contributed by atoms with Gasteiger partial charge in [0.05, 0.1) is 0 Å². The molecule has 2 heterocycles. The van der Waals surface area contributed by atoms with E-state index >= 15 is 0 Å². The number of hydrogen-bond donors (Lipinski definition) is 0. The van der Waals surface area contributed by atoms with Crippen molar-refractivity contribution in [3.05, 3.63) is 64.7 Å². The van der Waals surface area contributed by atoms with Gasteiger partial charge in [-0.2, -0.15) is 0 Å². The van der Waals surface area contributed by atoms with Gasteiger partial charge in [0.1, 0.15) is 5.75 Å². The number of nitrogens with zero attached hydrogens (tertiary/aromatic N) is 2. The highest BCUT2D eigenvalue weighted by Crippen LogP contribution is 2.27. The Balaban J connectivity index is 1.38. The van der Waals surface area contributed by atoms with Crippen LogP contribution in [-0.2, 0) is 17.8 Å². The van der Waals surface area contributed by atoms with E-state index in [0.29, 0.717) is 16.8 Å². The number of rotatable bonds is 4. The van der Waals surface area contributed by atoms with Crippen LogP contribution in [0.4, 0.5) is 0 Å². The van der Waals surface area contributed by atoms with Crippen LogP contribution >= 0.6 is 11.6 Å². The van der Waals surface area contributed by atoms with E-state index in [1.807, 2.05) is 18.7 Å². The zero-order valence-electron chi connectivity index (χ0n) is 16.5. The van der Waals surface area contributed by atoms with Gasteiger partial charge in [0.15, 0.2) is 5.60 Å². The third-order valence-electron chi connectivity index (χ3n) is 5.83. The Bertz CT molecular complexity index is 850. The van der Waals surface area contributed by atoms with Crippen LogP contribution in [0, 0.1) is 0 Å². The summed E-state index contributed by atoms with van der Waals surface area (Å²) in [5.41, 5.74) is 1.98. The SMILES string of the molecule is CC(C)(Oc1ccc(Cl)cc1)C(=O)N1CCC(N2CCc3ccccc3C2)C1. The molecule has 1 saturated heterocycles. The molecule has 1 unspecified atom stereocenters. The van der Waals surface area contributed by atoms with Crippen molar-refractivity contribution in [2.45, 2.75) is 44.9 Å². The fraction of sp³-hybridized carbons (Fsp3) is 0.435. The predicted octanol–water partition coefficient (Wildman–Crippen LogP) is 4.16. The van der Waals surface area contributed by atoms with Crippen molar-refractivity contribution >= 4 is 17.5 Å². The van der Waals surface area contributed by atoms with Crippen molar-refractivity contribution in [3.8, 4) is 5.75 Å². The van der Waals surface area contributed by atoms with Gasteiger partial charge in [0.2, 0.25) is 0 Å². The molecule has 0 radical (unpaired) electrons. The Kier molecular flexibility index (Phi) is 5.35. The summed E-state index contributed by atoms with van der Waals surface area (Å²) in [5.74, 6) is 0.702. The summed E-state index contributed by atoms with van der Waals surface area (Å²) >= 11 is 5.94. The first kappa shape index (κ1) is 19.3. The second-order valence-electron chi connectivity index (χ2n) is 8.25. The van der Waals surface area contributed by atoms with Gasteiger partial charge in [-0.3, -0.25) is 9.69 Å². The third kappa shape index (κ3) is 4.03. The molecule has 1 fully saturated rings. The molecule has 1 amide bonds. The van der Waals surface area contributed by atoms with E-state index in [9.17, 15) is 4.79 Å². The molecule has 1 atom stereocenters. The Labute approximate surface area is 172 Å². The monoisotopic (exact) mass is 398 g/mol. The average molecular weight is 399 g/mol. The van der Waals surface area contributed by atoms with Gasteiger partial charge in [-0.25, -0.2) is 0 Å². The second-order valence-corrected chi connectivity index (χ2v) is 8.69. The Morgan fingerprint density at radius 3 is 2.54 bits per heavy atom. The van der Waals surface area contributed by atoms with Gasteiger partial charge in [-0.1, -0.05) is 35.9 Å². The van der Waals surface area contributed by atoms with Gasteiger partial charge >= 0.3 is 0 Å². The molecule has 0 saturated carbocycles. The molecule has 2 aliphatic heterocycles. The van der Waals surface area contributed by atoms with Crippen molar-refractivity contribution in [1.29, 1.82) is 0 Å². The first-order chi connectivity index (χ1) is 13.4. The van der Waals surface area contributed by atoms with Gasteiger partial charge in [-0.15, -0.1) is 0 Å². The normalized spacial score (nSPS) is 20.1. The van der Waals surface area contributed by atoms with E-state index < -0.39 is 5.60 Å². The van der Waals surface area contributed by atoms with E-state index in [1.165, 1.54) is 11.1 Å². The summed E-state index contributed by atoms with van der Waals surface area (Å²) in [6, 6.07) is 16.3. The van der Waals surface area contributed by atoms with Gasteiger partial charge in [0.25, 0.3) is 5.91 Å². The number of carbonyl (C=O) groups is 1. The lowest BCUT2D eigenvalue weighted by atomic mass is 9.98. The summed E-state index contributed by atoms with van der Waals surface area (Å²) in [6.45, 7) is 7.29. The Morgan fingerprint density at radius 2 is 1.79 bits per heavy atom. The molecule has 0 bridgehead atoms. The molecule has 0 N–H and O–H groups in total. The van der Waals surface area contributed by atoms with Gasteiger partial charge < -0.3 is 9.64 Å². The number of halogens is 1. The molecule has 4 nitrogen and oxygen atoms in total. The van der Waals surface area contributed by atoms with Crippen molar-refractivity contribution in [2.75, 3.05) is 19.6 Å². The number of ether oxygens (including phenoxy) is 1. The van der Waals surface area contributed by atoms with Gasteiger partial charge in [-0.05, 0) is 62.1 Å². The van der Waals surface area contributed by atoms with Crippen LogP contribution in [0.2, 0.25) is 5.02 Å².